The standard InChI is InChI=1S/C47H48N6O19/c1-19(2)21-12-35(56)52(42(21)61)8-6-33(54)48-7-5-34(55)50-28-9-20(3-4-30(28)71-46-40(60)38(58)39(59)41(72-46)44(63)64)16-68-47(66)49-14-24-22-11-31-32(70-18-69-31)13-27(22)51-36-25(24)15-53-29(36)10-23-26(43(53)62)17-67-45(65)37(23)57/h3-4,9-11,13,19,21,37-41,46,57-60H,5-8,12,14-18H2,1-2H3,(H,48,54)(H,49,66)(H,50,55)(H,63,64)/t21?,37-,38?,39-,40?,41?,46+/m0/s1. The summed E-state index contributed by atoms with van der Waals surface area (Å²) in [6.07, 6.45) is -12.9. The van der Waals surface area contributed by atoms with E-state index in [2.05, 4.69) is 16.0 Å². The maximum absolute atomic E-state index is 13.7. The summed E-state index contributed by atoms with van der Waals surface area (Å²) in [5, 5.41) is 59.8. The minimum atomic E-state index is -2.02. The van der Waals surface area contributed by atoms with Crippen LogP contribution in [0.25, 0.3) is 22.3 Å². The SMILES string of the molecule is CC(C)C1CC(=O)N(CCC(=O)NCCC(=O)Nc2cc(COC(=O)NCc3c4c(nc5cc6c(cc35)OCO6)-c3cc5c(c(=O)n3C4)COC(=O)[C@H]5O)ccc2O[C@@H]2OC(C(=O)O)[C@@H](O)C(O)C2O)C1=O. The van der Waals surface area contributed by atoms with Gasteiger partial charge in [-0.05, 0) is 41.3 Å². The fourth-order valence-corrected chi connectivity index (χ4v) is 9.10. The van der Waals surface area contributed by atoms with Crippen LogP contribution in [0.4, 0.5) is 10.5 Å². The highest BCUT2D eigenvalue weighted by Crippen LogP contribution is 2.42. The van der Waals surface area contributed by atoms with Gasteiger partial charge in [0.2, 0.25) is 36.7 Å². The van der Waals surface area contributed by atoms with E-state index < -0.39 is 84.7 Å². The number of anilines is 1. The van der Waals surface area contributed by atoms with Crippen molar-refractivity contribution in [3.05, 3.63) is 74.6 Å². The Hall–Kier alpha value is -7.71. The first kappa shape index (κ1) is 49.3. The van der Waals surface area contributed by atoms with Gasteiger partial charge in [-0.25, -0.2) is 19.4 Å². The first-order chi connectivity index (χ1) is 34.4. The second-order valence-corrected chi connectivity index (χ2v) is 18.0. The highest BCUT2D eigenvalue weighted by Gasteiger charge is 2.48. The molecule has 5 aliphatic rings. The molecule has 8 N–H and O–H groups in total. The van der Waals surface area contributed by atoms with E-state index in [0.29, 0.717) is 44.9 Å². The number of benzene rings is 2. The van der Waals surface area contributed by atoms with Gasteiger partial charge in [-0.3, -0.25) is 28.9 Å². The summed E-state index contributed by atoms with van der Waals surface area (Å²) < 4.78 is 34.2. The number of pyridine rings is 2. The van der Waals surface area contributed by atoms with Crippen molar-refractivity contribution >= 4 is 58.3 Å². The number of ether oxygens (including phenoxy) is 6. The molecule has 4 aromatic rings. The van der Waals surface area contributed by atoms with Crippen LogP contribution in [0.2, 0.25) is 0 Å². The van der Waals surface area contributed by atoms with Gasteiger partial charge in [0.25, 0.3) is 5.56 Å². The molecule has 2 aromatic carbocycles. The average Bonchev–Trinajstić information content (AvgIpc) is 4.04. The summed E-state index contributed by atoms with van der Waals surface area (Å²) in [4.78, 5) is 108. The Kier molecular flexibility index (Phi) is 13.6. The number of likely N-dealkylation sites (tertiary alicyclic amines) is 1. The van der Waals surface area contributed by atoms with Gasteiger partial charge in [-0.1, -0.05) is 19.9 Å². The zero-order valence-electron chi connectivity index (χ0n) is 38.4. The molecule has 5 aliphatic heterocycles. The Labute approximate surface area is 406 Å². The van der Waals surface area contributed by atoms with Gasteiger partial charge in [-0.2, -0.15) is 0 Å². The molecule has 2 saturated heterocycles. The molecule has 9 rings (SSSR count). The van der Waals surface area contributed by atoms with E-state index in [1.165, 1.54) is 28.8 Å². The number of amides is 5. The summed E-state index contributed by atoms with van der Waals surface area (Å²) in [5.41, 5.74) is 2.08. The summed E-state index contributed by atoms with van der Waals surface area (Å²) in [6, 6.07) is 8.88. The molecule has 5 amide bonds. The lowest BCUT2D eigenvalue weighted by molar-refractivity contribution is -0.271. The van der Waals surface area contributed by atoms with Gasteiger partial charge in [-0.15, -0.1) is 0 Å². The Morgan fingerprint density at radius 3 is 2.39 bits per heavy atom. The second-order valence-electron chi connectivity index (χ2n) is 18.0. The molecule has 0 saturated carbocycles. The molecular formula is C47H48N6O19. The van der Waals surface area contributed by atoms with Crippen LogP contribution in [-0.4, -0.2) is 132 Å². The molecule has 7 heterocycles. The lowest BCUT2D eigenvalue weighted by Crippen LogP contribution is -2.61. The smallest absolute Gasteiger partial charge is 0.407 e. The number of cyclic esters (lactones) is 1. The third-order valence-corrected chi connectivity index (χ3v) is 13.0. The van der Waals surface area contributed by atoms with Crippen molar-refractivity contribution < 1.29 is 87.5 Å². The molecule has 0 aliphatic carbocycles. The van der Waals surface area contributed by atoms with Crippen molar-refractivity contribution in [2.75, 3.05) is 25.2 Å². The van der Waals surface area contributed by atoms with Gasteiger partial charge >= 0.3 is 18.0 Å². The average molecular weight is 1000 g/mol. The van der Waals surface area contributed by atoms with E-state index >= 15 is 0 Å². The largest absolute Gasteiger partial charge is 0.479 e. The van der Waals surface area contributed by atoms with Gasteiger partial charge in [0.05, 0.1) is 34.7 Å². The monoisotopic (exact) mass is 1000 g/mol. The maximum atomic E-state index is 13.7. The Bertz CT molecular complexity index is 2990. The van der Waals surface area contributed by atoms with Crippen molar-refractivity contribution in [1.82, 2.24) is 25.1 Å². The van der Waals surface area contributed by atoms with Crippen molar-refractivity contribution in [1.29, 1.82) is 0 Å². The van der Waals surface area contributed by atoms with Crippen molar-refractivity contribution in [3.63, 3.8) is 0 Å². The van der Waals surface area contributed by atoms with Gasteiger partial charge < -0.3 is 74.5 Å². The fourth-order valence-electron chi connectivity index (χ4n) is 9.10. The van der Waals surface area contributed by atoms with E-state index in [1.807, 2.05) is 13.8 Å². The number of carboxylic acids is 1. The molecule has 25 heteroatoms. The predicted octanol–water partition coefficient (Wildman–Crippen LogP) is -0.192. The zero-order valence-corrected chi connectivity index (χ0v) is 38.4. The van der Waals surface area contributed by atoms with Gasteiger partial charge in [0.15, 0.2) is 23.7 Å². The number of alkyl carbamates (subject to hydrolysis) is 1. The third kappa shape index (κ3) is 9.46. The molecule has 2 aromatic heterocycles. The van der Waals surface area contributed by atoms with Crippen LogP contribution in [-0.2, 0) is 69.3 Å². The Morgan fingerprint density at radius 1 is 0.889 bits per heavy atom. The van der Waals surface area contributed by atoms with E-state index in [-0.39, 0.29) is 105 Å². The van der Waals surface area contributed by atoms with Crippen molar-refractivity contribution in [3.8, 4) is 28.6 Å². The highest BCUT2D eigenvalue weighted by atomic mass is 16.7. The van der Waals surface area contributed by atoms with Crippen LogP contribution in [0.3, 0.4) is 0 Å². The second kappa shape index (κ2) is 19.8. The minimum Gasteiger partial charge on any atom is -0.479 e. The number of hydrogen-bond acceptors (Lipinski definition) is 19. The van der Waals surface area contributed by atoms with Crippen LogP contribution < -0.4 is 35.7 Å². The first-order valence-corrected chi connectivity index (χ1v) is 22.8. The quantitative estimate of drug-likeness (QED) is 0.0498. The Morgan fingerprint density at radius 2 is 1.65 bits per heavy atom. The number of carbonyl (C=O) groups is 7. The molecule has 7 atom stereocenters. The zero-order chi connectivity index (χ0) is 51.3. The molecule has 0 bridgehead atoms. The Balaban J connectivity index is 0.895. The first-order valence-electron chi connectivity index (χ1n) is 22.8. The third-order valence-electron chi connectivity index (χ3n) is 13.0. The number of rotatable bonds is 15. The van der Waals surface area contributed by atoms with Crippen LogP contribution in [0.15, 0.2) is 41.2 Å². The van der Waals surface area contributed by atoms with E-state index in [1.54, 1.807) is 12.1 Å². The number of nitrogens with zero attached hydrogens (tertiary/aromatic N) is 3. The van der Waals surface area contributed by atoms with E-state index in [9.17, 15) is 63.9 Å². The molecule has 72 heavy (non-hydrogen) atoms. The van der Waals surface area contributed by atoms with E-state index in [0.717, 1.165) is 4.90 Å². The van der Waals surface area contributed by atoms with Crippen LogP contribution in [0, 0.1) is 11.8 Å². The summed E-state index contributed by atoms with van der Waals surface area (Å²) >= 11 is 0. The fraction of sp³-hybridized carbons (Fsp3) is 0.426. The summed E-state index contributed by atoms with van der Waals surface area (Å²) in [6.45, 7) is 2.43. The number of aliphatic carboxylic acids is 1. The number of aliphatic hydroxyl groups is 4. The number of nitrogens with one attached hydrogen (secondary N) is 3. The molecule has 4 unspecified atom stereocenters. The molecule has 380 valence electrons. The molecule has 2 fully saturated rings. The van der Waals surface area contributed by atoms with Gasteiger partial charge in [0, 0.05) is 67.4 Å². The predicted molar refractivity (Wildman–Crippen MR) is 240 cm³/mol. The molecule has 0 spiro atoms. The number of carbonyl (C=O) groups excluding carboxylic acids is 6. The van der Waals surface area contributed by atoms with Crippen molar-refractivity contribution in [2.45, 2.75) is 96.2 Å². The van der Waals surface area contributed by atoms with Crippen LogP contribution >= 0.6 is 0 Å². The number of hydrogen-bond donors (Lipinski definition) is 8. The normalized spacial score (nSPS) is 22.8. The summed E-state index contributed by atoms with van der Waals surface area (Å²) in [7, 11) is 0. The number of fused-ring (bicyclic) bond motifs is 6. The van der Waals surface area contributed by atoms with Crippen LogP contribution in [0.5, 0.6) is 17.2 Å². The van der Waals surface area contributed by atoms with Crippen molar-refractivity contribution in [2.24, 2.45) is 11.8 Å². The number of aliphatic hydroxyl groups excluding tert-OH is 4. The number of esters is 1. The van der Waals surface area contributed by atoms with E-state index in [4.69, 9.17) is 33.4 Å². The number of carboxylic acid groups (broad SMARTS) is 1. The van der Waals surface area contributed by atoms with Gasteiger partial charge in [0.1, 0.15) is 37.3 Å². The maximum Gasteiger partial charge on any atom is 0.407 e. The highest BCUT2D eigenvalue weighted by molar-refractivity contribution is 6.04. The number of aromatic nitrogens is 2. The molecule has 25 nitrogen and oxygen atoms in total. The van der Waals surface area contributed by atoms with Crippen LogP contribution in [0.1, 0.15) is 67.0 Å². The lowest BCUT2D eigenvalue weighted by atomic mass is 9.94. The minimum absolute atomic E-state index is 0.0148. The lowest BCUT2D eigenvalue weighted by Gasteiger charge is -2.38. The molecular weight excluding hydrogens is 953 g/mol. The number of imide groups is 1. The topological polar surface area (TPSA) is 350 Å². The molecule has 0 radical (unpaired) electrons. The summed E-state index contributed by atoms with van der Waals surface area (Å²) in [5.74, 6) is -4.37.